The number of carbonyl (C=O) groups is 2. The number of rotatable bonds is 2. The van der Waals surface area contributed by atoms with Crippen LogP contribution in [0.4, 0.5) is 0 Å². The average molecular weight is 363 g/mol. The van der Waals surface area contributed by atoms with Gasteiger partial charge in [0.2, 0.25) is 0 Å². The fourth-order valence-corrected chi connectivity index (χ4v) is 7.48. The van der Waals surface area contributed by atoms with Gasteiger partial charge in [-0.25, -0.2) is 0 Å². The zero-order valence-corrected chi connectivity index (χ0v) is 12.6. The second-order valence-corrected chi connectivity index (χ2v) is 9.08. The molecule has 0 aromatic rings. The van der Waals surface area contributed by atoms with Gasteiger partial charge in [-0.1, -0.05) is 0 Å². The molecule has 0 aromatic heterocycles. The van der Waals surface area contributed by atoms with E-state index in [9.17, 15) is 14.7 Å². The summed E-state index contributed by atoms with van der Waals surface area (Å²) in [6.45, 7) is 1.88. The quantitative estimate of drug-likeness (QED) is 0.420. The van der Waals surface area contributed by atoms with Crippen LogP contribution in [0, 0.1) is 11.8 Å². The molecule has 1 amide bonds. The normalized spacial score (nSPS) is 44.2. The van der Waals surface area contributed by atoms with Crippen molar-refractivity contribution in [1.82, 2.24) is 5.32 Å². The summed E-state index contributed by atoms with van der Waals surface area (Å²) >= 11 is -1.11. The Bertz CT molecular complexity index is 436. The van der Waals surface area contributed by atoms with Crippen LogP contribution in [0.1, 0.15) is 26.2 Å². The van der Waals surface area contributed by atoms with E-state index in [1.54, 1.807) is 0 Å². The first-order chi connectivity index (χ1) is 8.57. The number of aliphatic hydroxyl groups is 1. The standard InChI is InChI=1S/C13H17NO3Te/c1-7-9-13(12(17)14-9,18-11(7)16)10(15)8-5-3-2-4-6-8/h3,5,7-10,15H,2,4,6H2,1H3,(H,14,17)/t7?,8-,9-,10-,13-/m0/s1. The molecule has 3 aliphatic rings. The molecule has 2 heterocycles. The Morgan fingerprint density at radius 2 is 2.33 bits per heavy atom. The maximum absolute atomic E-state index is 12.0. The Balaban J connectivity index is 1.89. The van der Waals surface area contributed by atoms with Crippen molar-refractivity contribution in [3.05, 3.63) is 12.2 Å². The van der Waals surface area contributed by atoms with Crippen LogP contribution in [-0.4, -0.2) is 47.9 Å². The number of hydrogen-bond donors (Lipinski definition) is 2. The van der Waals surface area contributed by atoms with E-state index >= 15 is 0 Å². The van der Waals surface area contributed by atoms with Crippen molar-refractivity contribution in [3.63, 3.8) is 0 Å². The van der Waals surface area contributed by atoms with Gasteiger partial charge in [-0.15, -0.1) is 0 Å². The van der Waals surface area contributed by atoms with Crippen LogP contribution >= 0.6 is 0 Å². The SMILES string of the molecule is CC1C(=O)[Te][C@@]2([C@@H](O)[C@H]3C=CCCC3)C(=O)N[C@@H]12. The van der Waals surface area contributed by atoms with Crippen molar-refractivity contribution in [1.29, 1.82) is 0 Å². The van der Waals surface area contributed by atoms with Crippen molar-refractivity contribution in [2.24, 2.45) is 11.8 Å². The van der Waals surface area contributed by atoms with E-state index in [4.69, 9.17) is 0 Å². The summed E-state index contributed by atoms with van der Waals surface area (Å²) in [6.07, 6.45) is 6.49. The first-order valence-corrected chi connectivity index (χ1v) is 8.79. The third kappa shape index (κ3) is 1.54. The molecule has 5 atom stereocenters. The van der Waals surface area contributed by atoms with Crippen LogP contribution in [0.2, 0.25) is 3.46 Å². The fraction of sp³-hybridized carbons (Fsp3) is 0.692. The Labute approximate surface area is 116 Å². The third-order valence-corrected chi connectivity index (χ3v) is 8.92. The van der Waals surface area contributed by atoms with Gasteiger partial charge >= 0.3 is 116 Å². The Morgan fingerprint density at radius 3 is 2.89 bits per heavy atom. The van der Waals surface area contributed by atoms with Crippen LogP contribution in [0.5, 0.6) is 0 Å². The molecule has 18 heavy (non-hydrogen) atoms. The molecule has 2 saturated heterocycles. The minimum atomic E-state index is -1.11. The third-order valence-electron chi connectivity index (χ3n) is 4.38. The summed E-state index contributed by atoms with van der Waals surface area (Å²) in [7, 11) is 0. The molecular formula is C13H17NO3Te. The van der Waals surface area contributed by atoms with E-state index in [0.29, 0.717) is 0 Å². The Hall–Kier alpha value is -0.370. The molecule has 2 N–H and O–H groups in total. The summed E-state index contributed by atoms with van der Waals surface area (Å²) in [6, 6.07) is -0.106. The molecule has 98 valence electrons. The molecule has 5 heteroatoms. The van der Waals surface area contributed by atoms with Gasteiger partial charge in [0.15, 0.2) is 0 Å². The molecule has 1 aliphatic carbocycles. The average Bonchev–Trinajstić information content (AvgIpc) is 2.60. The molecule has 0 bridgehead atoms. The second-order valence-electron chi connectivity index (χ2n) is 5.42. The maximum atomic E-state index is 12.0. The van der Waals surface area contributed by atoms with E-state index in [1.165, 1.54) is 0 Å². The number of amides is 1. The molecule has 0 aromatic carbocycles. The van der Waals surface area contributed by atoms with E-state index in [0.717, 1.165) is 19.3 Å². The van der Waals surface area contributed by atoms with Crippen LogP contribution in [-0.2, 0) is 9.59 Å². The number of aliphatic hydroxyl groups excluding tert-OH is 1. The van der Waals surface area contributed by atoms with Crippen LogP contribution in [0.15, 0.2) is 12.2 Å². The van der Waals surface area contributed by atoms with Gasteiger partial charge < -0.3 is 0 Å². The predicted molar refractivity (Wildman–Crippen MR) is 67.0 cm³/mol. The van der Waals surface area contributed by atoms with E-state index < -0.39 is 30.5 Å². The van der Waals surface area contributed by atoms with Gasteiger partial charge in [0.25, 0.3) is 0 Å². The molecule has 2 aliphatic heterocycles. The molecule has 0 radical (unpaired) electrons. The van der Waals surface area contributed by atoms with Gasteiger partial charge in [0, 0.05) is 0 Å². The first-order valence-electron chi connectivity index (χ1n) is 6.46. The van der Waals surface area contributed by atoms with Crippen LogP contribution in [0.3, 0.4) is 0 Å². The molecule has 4 nitrogen and oxygen atoms in total. The summed E-state index contributed by atoms with van der Waals surface area (Å²) in [5.74, 6) is -0.137. The zero-order chi connectivity index (χ0) is 12.9. The summed E-state index contributed by atoms with van der Waals surface area (Å²) in [4.78, 5) is 23.9. The number of fused-ring (bicyclic) bond motifs is 1. The summed E-state index contributed by atoms with van der Waals surface area (Å²) < 4.78 is -0.490. The Morgan fingerprint density at radius 1 is 1.56 bits per heavy atom. The number of β-lactam (4-membered cyclic amide) rings is 1. The molecular weight excluding hydrogens is 346 g/mol. The Kier molecular flexibility index (Phi) is 3.04. The van der Waals surface area contributed by atoms with E-state index in [2.05, 4.69) is 11.4 Å². The van der Waals surface area contributed by atoms with Gasteiger partial charge in [-0.05, 0) is 0 Å². The zero-order valence-electron chi connectivity index (χ0n) is 10.3. The van der Waals surface area contributed by atoms with Gasteiger partial charge in [0.05, 0.1) is 0 Å². The minimum absolute atomic E-state index is 0.0514. The second kappa shape index (κ2) is 4.33. The van der Waals surface area contributed by atoms with Crippen LogP contribution in [0.25, 0.3) is 0 Å². The van der Waals surface area contributed by atoms with Gasteiger partial charge in [-0.3, -0.25) is 0 Å². The number of hydrogen-bond acceptors (Lipinski definition) is 3. The topological polar surface area (TPSA) is 66.4 Å². The number of carbonyl (C=O) groups excluding carboxylic acids is 2. The fourth-order valence-electron chi connectivity index (χ4n) is 3.22. The van der Waals surface area contributed by atoms with Crippen molar-refractivity contribution in [2.75, 3.05) is 0 Å². The van der Waals surface area contributed by atoms with Crippen molar-refractivity contribution in [3.8, 4) is 0 Å². The summed E-state index contributed by atoms with van der Waals surface area (Å²) in [5, 5.41) is 13.5. The molecule has 0 spiro atoms. The number of allylic oxidation sites excluding steroid dienone is 1. The number of nitrogens with one attached hydrogen (secondary N) is 1. The van der Waals surface area contributed by atoms with E-state index in [-0.39, 0.29) is 27.6 Å². The summed E-state index contributed by atoms with van der Waals surface area (Å²) in [5.41, 5.74) is 0. The predicted octanol–water partition coefficient (Wildman–Crippen LogP) is 0.241. The van der Waals surface area contributed by atoms with Gasteiger partial charge in [0.1, 0.15) is 0 Å². The van der Waals surface area contributed by atoms with Crippen molar-refractivity contribution in [2.45, 2.75) is 41.8 Å². The molecule has 0 saturated carbocycles. The molecule has 3 rings (SSSR count). The van der Waals surface area contributed by atoms with Crippen molar-refractivity contribution >= 4 is 30.7 Å². The van der Waals surface area contributed by atoms with Crippen molar-refractivity contribution < 1.29 is 14.7 Å². The monoisotopic (exact) mass is 365 g/mol. The van der Waals surface area contributed by atoms with Crippen LogP contribution < -0.4 is 5.32 Å². The molecule has 2 fully saturated rings. The van der Waals surface area contributed by atoms with E-state index in [1.807, 2.05) is 13.0 Å². The van der Waals surface area contributed by atoms with Gasteiger partial charge in [-0.2, -0.15) is 0 Å². The first kappa shape index (κ1) is 12.7. The molecule has 1 unspecified atom stereocenters.